The lowest BCUT2D eigenvalue weighted by Gasteiger charge is -2.15. The largest absolute Gasteiger partial charge is 0.416 e. The van der Waals surface area contributed by atoms with Gasteiger partial charge in [0.25, 0.3) is 5.91 Å². The third-order valence-electron chi connectivity index (χ3n) is 2.02. The Morgan fingerprint density at radius 2 is 1.94 bits per heavy atom. The fourth-order valence-electron chi connectivity index (χ4n) is 1.04. The minimum Gasteiger partial charge on any atom is -0.382 e. The summed E-state index contributed by atoms with van der Waals surface area (Å²) < 4.78 is 35.9. The van der Waals surface area contributed by atoms with E-state index in [4.69, 9.17) is 28.3 Å². The van der Waals surface area contributed by atoms with Gasteiger partial charge in [-0.3, -0.25) is 4.79 Å². The van der Waals surface area contributed by atoms with Crippen molar-refractivity contribution in [2.45, 2.75) is 12.3 Å². The molecule has 0 saturated heterocycles. The summed E-state index contributed by atoms with van der Waals surface area (Å²) in [6, 6.07) is 3.88. The van der Waals surface area contributed by atoms with E-state index in [1.54, 1.807) is 0 Å². The highest BCUT2D eigenvalue weighted by molar-refractivity contribution is 6.42. The van der Waals surface area contributed by atoms with Crippen LogP contribution >= 0.6 is 23.2 Å². The summed E-state index contributed by atoms with van der Waals surface area (Å²) in [5.41, 5.74) is 0.0544. The third-order valence-corrected chi connectivity index (χ3v) is 2.75. The maximum atomic E-state index is 12.0. The Morgan fingerprint density at radius 1 is 1.33 bits per heavy atom. The molecule has 2 N–H and O–H groups in total. The molecule has 0 aliphatic rings. The highest BCUT2D eigenvalue weighted by Crippen LogP contribution is 2.23. The van der Waals surface area contributed by atoms with Crippen LogP contribution in [-0.2, 0) is 0 Å². The first-order valence-electron chi connectivity index (χ1n) is 4.70. The maximum Gasteiger partial charge on any atom is 0.416 e. The standard InChI is InChI=1S/C10H8Cl2F3NO2/c11-6-2-1-5(3-7(6)12)9(18)16-4-8(17)10(13,14)15/h1-3,8,17H,4H2,(H,16,18). The lowest BCUT2D eigenvalue weighted by Crippen LogP contribution is -2.40. The molecule has 1 atom stereocenters. The smallest absolute Gasteiger partial charge is 0.382 e. The molecule has 100 valence electrons. The van der Waals surface area contributed by atoms with Gasteiger partial charge in [-0.25, -0.2) is 0 Å². The average molecular weight is 302 g/mol. The molecule has 0 fully saturated rings. The molecule has 0 bridgehead atoms. The van der Waals surface area contributed by atoms with E-state index in [2.05, 4.69) is 0 Å². The predicted octanol–water partition coefficient (Wildman–Crippen LogP) is 2.65. The summed E-state index contributed by atoms with van der Waals surface area (Å²) >= 11 is 11.3. The molecule has 1 aromatic rings. The van der Waals surface area contributed by atoms with E-state index >= 15 is 0 Å². The zero-order valence-corrected chi connectivity index (χ0v) is 10.3. The minimum atomic E-state index is -4.77. The van der Waals surface area contributed by atoms with Crippen LogP contribution in [0.15, 0.2) is 18.2 Å². The number of alkyl halides is 3. The van der Waals surface area contributed by atoms with Gasteiger partial charge in [-0.1, -0.05) is 23.2 Å². The van der Waals surface area contributed by atoms with E-state index in [0.29, 0.717) is 0 Å². The molecule has 1 aromatic carbocycles. The second kappa shape index (κ2) is 5.77. The Hall–Kier alpha value is -0.980. The molecular weight excluding hydrogens is 294 g/mol. The van der Waals surface area contributed by atoms with Gasteiger partial charge in [0.05, 0.1) is 16.6 Å². The summed E-state index contributed by atoms with van der Waals surface area (Å²) in [6.45, 7) is -0.928. The van der Waals surface area contributed by atoms with Crippen molar-refractivity contribution in [1.82, 2.24) is 5.32 Å². The number of benzene rings is 1. The topological polar surface area (TPSA) is 49.3 Å². The highest BCUT2D eigenvalue weighted by atomic mass is 35.5. The molecule has 0 aromatic heterocycles. The molecule has 0 aliphatic carbocycles. The Labute approximate surface area is 110 Å². The summed E-state index contributed by atoms with van der Waals surface area (Å²) in [5.74, 6) is -0.781. The van der Waals surface area contributed by atoms with Gasteiger partial charge >= 0.3 is 6.18 Å². The number of aliphatic hydroxyl groups is 1. The molecular formula is C10H8Cl2F3NO2. The van der Waals surface area contributed by atoms with Crippen molar-refractivity contribution < 1.29 is 23.1 Å². The minimum absolute atomic E-state index is 0.0544. The Kier molecular flexibility index (Phi) is 4.84. The zero-order valence-electron chi connectivity index (χ0n) is 8.76. The number of rotatable bonds is 3. The van der Waals surface area contributed by atoms with Gasteiger partial charge < -0.3 is 10.4 Å². The highest BCUT2D eigenvalue weighted by Gasteiger charge is 2.38. The van der Waals surface area contributed by atoms with Crippen LogP contribution in [-0.4, -0.2) is 29.8 Å². The van der Waals surface area contributed by atoms with Crippen LogP contribution in [0.3, 0.4) is 0 Å². The van der Waals surface area contributed by atoms with Crippen molar-refractivity contribution in [1.29, 1.82) is 0 Å². The van der Waals surface area contributed by atoms with Gasteiger partial charge in [-0.05, 0) is 18.2 Å². The number of carbonyl (C=O) groups excluding carboxylic acids is 1. The molecule has 18 heavy (non-hydrogen) atoms. The molecule has 1 rings (SSSR count). The van der Waals surface area contributed by atoms with E-state index in [0.717, 1.165) is 0 Å². The van der Waals surface area contributed by atoms with Crippen molar-refractivity contribution in [2.24, 2.45) is 0 Å². The predicted molar refractivity (Wildman–Crippen MR) is 60.9 cm³/mol. The van der Waals surface area contributed by atoms with Crippen LogP contribution in [0, 0.1) is 0 Å². The van der Waals surface area contributed by atoms with Crippen LogP contribution < -0.4 is 5.32 Å². The summed E-state index contributed by atoms with van der Waals surface area (Å²) in [5, 5.41) is 11.0. The Bertz CT molecular complexity index is 451. The van der Waals surface area contributed by atoms with Gasteiger partial charge in [0, 0.05) is 5.56 Å². The van der Waals surface area contributed by atoms with Crippen molar-refractivity contribution in [3.8, 4) is 0 Å². The molecule has 0 radical (unpaired) electrons. The molecule has 0 spiro atoms. The number of nitrogens with one attached hydrogen (secondary N) is 1. The van der Waals surface area contributed by atoms with Gasteiger partial charge in [-0.15, -0.1) is 0 Å². The maximum absolute atomic E-state index is 12.0. The van der Waals surface area contributed by atoms with Crippen LogP contribution in [0.2, 0.25) is 10.0 Å². The lowest BCUT2D eigenvalue weighted by atomic mass is 10.2. The van der Waals surface area contributed by atoms with E-state index in [9.17, 15) is 18.0 Å². The molecule has 0 saturated carbocycles. The molecule has 0 aliphatic heterocycles. The number of hydrogen-bond donors (Lipinski definition) is 2. The van der Waals surface area contributed by atoms with E-state index in [1.807, 2.05) is 5.32 Å². The van der Waals surface area contributed by atoms with Gasteiger partial charge in [0.1, 0.15) is 0 Å². The first-order chi connectivity index (χ1) is 8.21. The quantitative estimate of drug-likeness (QED) is 0.902. The van der Waals surface area contributed by atoms with E-state index in [-0.39, 0.29) is 15.6 Å². The fourth-order valence-corrected chi connectivity index (χ4v) is 1.34. The van der Waals surface area contributed by atoms with Crippen molar-refractivity contribution >= 4 is 29.1 Å². The molecule has 1 unspecified atom stereocenters. The van der Waals surface area contributed by atoms with Crippen molar-refractivity contribution in [2.75, 3.05) is 6.54 Å². The second-order valence-corrected chi connectivity index (χ2v) is 4.21. The number of halogens is 5. The van der Waals surface area contributed by atoms with Crippen LogP contribution in [0.4, 0.5) is 13.2 Å². The molecule has 8 heteroatoms. The van der Waals surface area contributed by atoms with E-state index < -0.39 is 24.7 Å². The van der Waals surface area contributed by atoms with Crippen LogP contribution in [0.25, 0.3) is 0 Å². The summed E-state index contributed by atoms with van der Waals surface area (Å²) in [7, 11) is 0. The molecule has 0 heterocycles. The lowest BCUT2D eigenvalue weighted by molar-refractivity contribution is -0.201. The summed E-state index contributed by atoms with van der Waals surface area (Å²) in [4.78, 5) is 11.4. The average Bonchev–Trinajstić information content (AvgIpc) is 2.27. The Morgan fingerprint density at radius 3 is 2.44 bits per heavy atom. The number of carbonyl (C=O) groups is 1. The van der Waals surface area contributed by atoms with E-state index in [1.165, 1.54) is 18.2 Å². The zero-order chi connectivity index (χ0) is 13.9. The van der Waals surface area contributed by atoms with Crippen molar-refractivity contribution in [3.05, 3.63) is 33.8 Å². The number of aliphatic hydroxyl groups excluding tert-OH is 1. The number of amides is 1. The van der Waals surface area contributed by atoms with Gasteiger partial charge in [0.2, 0.25) is 0 Å². The molecule has 1 amide bonds. The van der Waals surface area contributed by atoms with Gasteiger partial charge in [0.15, 0.2) is 6.10 Å². The summed E-state index contributed by atoms with van der Waals surface area (Å²) in [6.07, 6.45) is -7.38. The van der Waals surface area contributed by atoms with Crippen molar-refractivity contribution in [3.63, 3.8) is 0 Å². The first kappa shape index (κ1) is 15.1. The normalized spacial score (nSPS) is 13.2. The molecule has 3 nitrogen and oxygen atoms in total. The van der Waals surface area contributed by atoms with Gasteiger partial charge in [-0.2, -0.15) is 13.2 Å². The SMILES string of the molecule is O=C(NCC(O)C(F)(F)F)c1ccc(Cl)c(Cl)c1. The fraction of sp³-hybridized carbons (Fsp3) is 0.300. The Balaban J connectivity index is 2.63. The first-order valence-corrected chi connectivity index (χ1v) is 5.45. The van der Waals surface area contributed by atoms with Crippen LogP contribution in [0.1, 0.15) is 10.4 Å². The third kappa shape index (κ3) is 4.04. The van der Waals surface area contributed by atoms with Crippen LogP contribution in [0.5, 0.6) is 0 Å². The monoisotopic (exact) mass is 301 g/mol. The number of hydrogen-bond acceptors (Lipinski definition) is 2. The second-order valence-electron chi connectivity index (χ2n) is 3.40.